The highest BCUT2D eigenvalue weighted by Gasteiger charge is 2.28. The van der Waals surface area contributed by atoms with E-state index in [1.165, 1.54) is 12.1 Å². The van der Waals surface area contributed by atoms with Crippen LogP contribution < -0.4 is 5.32 Å². The summed E-state index contributed by atoms with van der Waals surface area (Å²) >= 11 is 0. The number of benzene rings is 1. The molecule has 2 atom stereocenters. The van der Waals surface area contributed by atoms with Gasteiger partial charge in [-0.05, 0) is 24.1 Å². The second-order valence-electron chi connectivity index (χ2n) is 4.85. The van der Waals surface area contributed by atoms with Crippen molar-refractivity contribution in [3.05, 3.63) is 47.1 Å². The lowest BCUT2D eigenvalue weighted by molar-refractivity contribution is 0.191. The molecular formula is C13H13F2N3O2. The molecule has 2 aromatic rings. The molecule has 0 bridgehead atoms. The molecule has 0 spiro atoms. The van der Waals surface area contributed by atoms with Crippen LogP contribution in [0.1, 0.15) is 29.7 Å². The fourth-order valence-electron chi connectivity index (χ4n) is 2.28. The Morgan fingerprint density at radius 1 is 1.30 bits per heavy atom. The number of halogens is 2. The third kappa shape index (κ3) is 2.83. The van der Waals surface area contributed by atoms with Crippen LogP contribution in [0.4, 0.5) is 8.78 Å². The first-order valence-corrected chi connectivity index (χ1v) is 6.29. The molecule has 1 aromatic carbocycles. The topological polar surface area (TPSA) is 71.2 Å². The van der Waals surface area contributed by atoms with Gasteiger partial charge in [0, 0.05) is 19.0 Å². The molecule has 1 fully saturated rings. The van der Waals surface area contributed by atoms with E-state index in [2.05, 4.69) is 15.5 Å². The molecule has 0 radical (unpaired) electrons. The van der Waals surface area contributed by atoms with Crippen molar-refractivity contribution in [3.8, 4) is 0 Å². The lowest BCUT2D eigenvalue weighted by atomic mass is 10.1. The van der Waals surface area contributed by atoms with Gasteiger partial charge < -0.3 is 14.9 Å². The Morgan fingerprint density at radius 2 is 2.05 bits per heavy atom. The summed E-state index contributed by atoms with van der Waals surface area (Å²) in [6.45, 7) is 0.484. The summed E-state index contributed by atoms with van der Waals surface area (Å²) in [5, 5.41) is 16.3. The van der Waals surface area contributed by atoms with Gasteiger partial charge in [-0.1, -0.05) is 5.16 Å². The fourth-order valence-corrected chi connectivity index (χ4v) is 2.28. The average Bonchev–Trinajstić information content (AvgIpc) is 2.96. The van der Waals surface area contributed by atoms with Crippen molar-refractivity contribution in [3.63, 3.8) is 0 Å². The number of hydrogen-bond acceptors (Lipinski definition) is 5. The number of nitrogens with one attached hydrogen (secondary N) is 1. The van der Waals surface area contributed by atoms with Crippen molar-refractivity contribution >= 4 is 0 Å². The summed E-state index contributed by atoms with van der Waals surface area (Å²) in [4.78, 5) is 4.19. The van der Waals surface area contributed by atoms with Crippen LogP contribution >= 0.6 is 0 Å². The summed E-state index contributed by atoms with van der Waals surface area (Å²) < 4.78 is 31.3. The molecule has 7 heteroatoms. The number of hydrogen-bond donors (Lipinski definition) is 2. The van der Waals surface area contributed by atoms with E-state index in [1.807, 2.05) is 0 Å². The van der Waals surface area contributed by atoms with Crippen LogP contribution in [0.3, 0.4) is 0 Å². The Labute approximate surface area is 113 Å². The molecule has 2 N–H and O–H groups in total. The molecule has 1 aromatic heterocycles. The summed E-state index contributed by atoms with van der Waals surface area (Å²) in [5.74, 6) is -0.532. The number of β-amino-alcohol motifs (C(OH)–C–C–N with tert-alkyl or cyclic N) is 1. The van der Waals surface area contributed by atoms with Crippen molar-refractivity contribution in [1.29, 1.82) is 0 Å². The molecule has 0 aliphatic carbocycles. The Morgan fingerprint density at radius 3 is 2.70 bits per heavy atom. The van der Waals surface area contributed by atoms with Crippen molar-refractivity contribution < 1.29 is 18.4 Å². The number of aliphatic hydroxyl groups is 1. The van der Waals surface area contributed by atoms with Gasteiger partial charge in [0.1, 0.15) is 11.6 Å². The van der Waals surface area contributed by atoms with Gasteiger partial charge in [-0.25, -0.2) is 8.78 Å². The summed E-state index contributed by atoms with van der Waals surface area (Å²) in [7, 11) is 0. The fraction of sp³-hybridized carbons (Fsp3) is 0.385. The largest absolute Gasteiger partial charge is 0.392 e. The average molecular weight is 281 g/mol. The highest BCUT2D eigenvalue weighted by atomic mass is 19.1. The number of aliphatic hydroxyl groups excluding tert-OH is 1. The van der Waals surface area contributed by atoms with E-state index in [4.69, 9.17) is 4.52 Å². The minimum Gasteiger partial charge on any atom is -0.392 e. The first-order valence-electron chi connectivity index (χ1n) is 6.29. The van der Waals surface area contributed by atoms with Crippen molar-refractivity contribution in [2.24, 2.45) is 0 Å². The smallest absolute Gasteiger partial charge is 0.243 e. The van der Waals surface area contributed by atoms with E-state index in [0.29, 0.717) is 30.2 Å². The van der Waals surface area contributed by atoms with Gasteiger partial charge in [-0.2, -0.15) is 4.98 Å². The molecule has 1 aliphatic rings. The van der Waals surface area contributed by atoms with E-state index in [9.17, 15) is 13.9 Å². The molecule has 5 nitrogen and oxygen atoms in total. The monoisotopic (exact) mass is 281 g/mol. The normalized spacial score (nSPS) is 22.4. The molecule has 0 amide bonds. The van der Waals surface area contributed by atoms with Gasteiger partial charge in [0.2, 0.25) is 5.89 Å². The van der Waals surface area contributed by atoms with Gasteiger partial charge in [-0.3, -0.25) is 0 Å². The van der Waals surface area contributed by atoms with E-state index >= 15 is 0 Å². The van der Waals surface area contributed by atoms with Gasteiger partial charge in [0.15, 0.2) is 5.82 Å². The third-order valence-corrected chi connectivity index (χ3v) is 3.17. The Balaban J connectivity index is 1.73. The molecule has 2 heterocycles. The molecule has 1 aliphatic heterocycles. The molecular weight excluding hydrogens is 268 g/mol. The Kier molecular flexibility index (Phi) is 3.45. The summed E-state index contributed by atoms with van der Waals surface area (Å²) in [6, 6.07) is 3.11. The number of rotatable bonds is 3. The lowest BCUT2D eigenvalue weighted by Crippen LogP contribution is -2.15. The first kappa shape index (κ1) is 13.1. The zero-order valence-electron chi connectivity index (χ0n) is 10.5. The molecule has 0 saturated carbocycles. The highest BCUT2D eigenvalue weighted by Crippen LogP contribution is 2.22. The predicted molar refractivity (Wildman–Crippen MR) is 64.8 cm³/mol. The van der Waals surface area contributed by atoms with E-state index in [-0.39, 0.29) is 12.5 Å². The first-order chi connectivity index (χ1) is 9.60. The molecule has 20 heavy (non-hydrogen) atoms. The van der Waals surface area contributed by atoms with Gasteiger partial charge >= 0.3 is 0 Å². The van der Waals surface area contributed by atoms with Gasteiger partial charge in [0.05, 0.1) is 12.1 Å². The van der Waals surface area contributed by atoms with Crippen molar-refractivity contribution in [2.45, 2.75) is 25.0 Å². The Bertz CT molecular complexity index is 597. The minimum atomic E-state index is -0.635. The van der Waals surface area contributed by atoms with E-state index in [1.54, 1.807) is 0 Å². The summed E-state index contributed by atoms with van der Waals surface area (Å²) in [6.07, 6.45) is 0.275. The van der Waals surface area contributed by atoms with Crippen LogP contribution in [-0.2, 0) is 6.42 Å². The van der Waals surface area contributed by atoms with Gasteiger partial charge in [0.25, 0.3) is 0 Å². The molecule has 1 saturated heterocycles. The van der Waals surface area contributed by atoms with E-state index in [0.717, 1.165) is 6.07 Å². The van der Waals surface area contributed by atoms with Crippen LogP contribution in [0.5, 0.6) is 0 Å². The maximum Gasteiger partial charge on any atom is 0.243 e. The molecule has 3 rings (SSSR count). The quantitative estimate of drug-likeness (QED) is 0.888. The lowest BCUT2D eigenvalue weighted by Gasteiger charge is -2.01. The SMILES string of the molecule is OC1CNC(c2nc(Cc3cc(F)cc(F)c3)no2)C1. The number of aromatic nitrogens is 2. The summed E-state index contributed by atoms with van der Waals surface area (Å²) in [5.41, 5.74) is 0.439. The zero-order chi connectivity index (χ0) is 14.1. The number of nitrogens with zero attached hydrogens (tertiary/aromatic N) is 2. The Hall–Kier alpha value is -1.86. The van der Waals surface area contributed by atoms with E-state index < -0.39 is 17.7 Å². The molecule has 2 unspecified atom stereocenters. The van der Waals surface area contributed by atoms with Crippen LogP contribution in [0, 0.1) is 11.6 Å². The zero-order valence-corrected chi connectivity index (χ0v) is 10.5. The predicted octanol–water partition coefficient (Wildman–Crippen LogP) is 1.33. The van der Waals surface area contributed by atoms with Crippen LogP contribution in [0.2, 0.25) is 0 Å². The highest BCUT2D eigenvalue weighted by molar-refractivity contribution is 5.21. The minimum absolute atomic E-state index is 0.171. The van der Waals surface area contributed by atoms with Crippen molar-refractivity contribution in [1.82, 2.24) is 15.5 Å². The maximum atomic E-state index is 13.1. The van der Waals surface area contributed by atoms with Crippen LogP contribution in [-0.4, -0.2) is 27.9 Å². The second-order valence-corrected chi connectivity index (χ2v) is 4.85. The van der Waals surface area contributed by atoms with Crippen LogP contribution in [0.15, 0.2) is 22.7 Å². The third-order valence-electron chi connectivity index (χ3n) is 3.17. The van der Waals surface area contributed by atoms with Gasteiger partial charge in [-0.15, -0.1) is 0 Å². The standard InChI is InChI=1S/C13H13F2N3O2/c14-8-1-7(2-9(15)4-8)3-12-17-13(20-18-12)11-5-10(19)6-16-11/h1-2,4,10-11,16,19H,3,5-6H2. The van der Waals surface area contributed by atoms with Crippen molar-refractivity contribution in [2.75, 3.05) is 6.54 Å². The maximum absolute atomic E-state index is 13.1. The van der Waals surface area contributed by atoms with Crippen LogP contribution in [0.25, 0.3) is 0 Å². The second kappa shape index (κ2) is 5.26. The molecule has 106 valence electrons.